The Labute approximate surface area is 170 Å². The molecule has 0 aliphatic carbocycles. The number of anilines is 2. The molecule has 6 heteroatoms. The van der Waals surface area contributed by atoms with Gasteiger partial charge in [-0.3, -0.25) is 9.59 Å². The van der Waals surface area contributed by atoms with Gasteiger partial charge < -0.3 is 15.0 Å². The average Bonchev–Trinajstić information content (AvgIpc) is 3.10. The van der Waals surface area contributed by atoms with Crippen molar-refractivity contribution >= 4 is 29.2 Å². The predicted octanol–water partition coefficient (Wildman–Crippen LogP) is 3.86. The number of aryl methyl sites for hydroxylation is 2. The van der Waals surface area contributed by atoms with Gasteiger partial charge >= 0.3 is 5.97 Å². The van der Waals surface area contributed by atoms with E-state index in [9.17, 15) is 14.4 Å². The molecule has 0 saturated carbocycles. The van der Waals surface area contributed by atoms with Crippen LogP contribution in [0.25, 0.3) is 0 Å². The topological polar surface area (TPSA) is 75.7 Å². The van der Waals surface area contributed by atoms with Crippen LogP contribution in [-0.4, -0.2) is 30.9 Å². The highest BCUT2D eigenvalue weighted by Crippen LogP contribution is 2.27. The first-order chi connectivity index (χ1) is 13.9. The third-order valence-electron chi connectivity index (χ3n) is 5.12. The summed E-state index contributed by atoms with van der Waals surface area (Å²) in [6, 6.07) is 12.4. The van der Waals surface area contributed by atoms with Gasteiger partial charge in [-0.1, -0.05) is 13.0 Å². The fourth-order valence-corrected chi connectivity index (χ4v) is 3.24. The summed E-state index contributed by atoms with van der Waals surface area (Å²) in [6.07, 6.45) is 0.944. The Morgan fingerprint density at radius 3 is 2.48 bits per heavy atom. The molecule has 0 bridgehead atoms. The van der Waals surface area contributed by atoms with Crippen LogP contribution in [0.15, 0.2) is 42.5 Å². The molecule has 1 aliphatic rings. The van der Waals surface area contributed by atoms with Gasteiger partial charge in [0.05, 0.1) is 18.1 Å². The Hall–Kier alpha value is -3.15. The number of carbonyl (C=O) groups is 3. The molecule has 1 fully saturated rings. The third-order valence-corrected chi connectivity index (χ3v) is 5.12. The van der Waals surface area contributed by atoms with Gasteiger partial charge in [0, 0.05) is 24.3 Å². The highest BCUT2D eigenvalue weighted by atomic mass is 16.5. The van der Waals surface area contributed by atoms with Crippen molar-refractivity contribution in [2.75, 3.05) is 23.4 Å². The molecule has 2 aromatic carbocycles. The van der Waals surface area contributed by atoms with Crippen LogP contribution in [-0.2, 0) is 14.3 Å². The lowest BCUT2D eigenvalue weighted by Crippen LogP contribution is -2.28. The van der Waals surface area contributed by atoms with Crippen LogP contribution in [0.2, 0.25) is 0 Å². The molecule has 6 nitrogen and oxygen atoms in total. The summed E-state index contributed by atoms with van der Waals surface area (Å²) in [5, 5.41) is 2.84. The van der Waals surface area contributed by atoms with Crippen molar-refractivity contribution in [1.82, 2.24) is 0 Å². The number of carbonyl (C=O) groups excluding carboxylic acids is 3. The van der Waals surface area contributed by atoms with E-state index in [0.717, 1.165) is 23.2 Å². The van der Waals surface area contributed by atoms with Crippen molar-refractivity contribution in [3.05, 3.63) is 59.2 Å². The van der Waals surface area contributed by atoms with Crippen molar-refractivity contribution in [3.8, 4) is 0 Å². The lowest BCUT2D eigenvalue weighted by atomic mass is 10.1. The normalized spacial score (nSPS) is 16.0. The molecule has 0 unspecified atom stereocenters. The maximum atomic E-state index is 12.6. The molecule has 1 atom stereocenters. The number of amides is 2. The second-order valence-electron chi connectivity index (χ2n) is 7.38. The third kappa shape index (κ3) is 4.83. The van der Waals surface area contributed by atoms with Crippen LogP contribution >= 0.6 is 0 Å². The lowest BCUT2D eigenvalue weighted by Gasteiger charge is -2.18. The molecule has 29 heavy (non-hydrogen) atoms. The fourth-order valence-electron chi connectivity index (χ4n) is 3.24. The van der Waals surface area contributed by atoms with E-state index in [4.69, 9.17) is 4.74 Å². The first kappa shape index (κ1) is 20.6. The predicted molar refractivity (Wildman–Crippen MR) is 112 cm³/mol. The zero-order valence-corrected chi connectivity index (χ0v) is 17.0. The molecule has 1 heterocycles. The maximum absolute atomic E-state index is 12.6. The number of ether oxygens (including phenoxy) is 1. The van der Waals surface area contributed by atoms with E-state index in [1.807, 2.05) is 39.0 Å². The Morgan fingerprint density at radius 2 is 1.83 bits per heavy atom. The number of esters is 1. The Balaban J connectivity index is 1.62. The number of benzene rings is 2. The smallest absolute Gasteiger partial charge is 0.338 e. The Morgan fingerprint density at radius 1 is 1.10 bits per heavy atom. The molecule has 0 radical (unpaired) electrons. The van der Waals surface area contributed by atoms with E-state index in [1.54, 1.807) is 29.2 Å². The van der Waals surface area contributed by atoms with Crippen LogP contribution in [0.1, 0.15) is 41.3 Å². The van der Waals surface area contributed by atoms with Gasteiger partial charge in [0.2, 0.25) is 11.8 Å². The van der Waals surface area contributed by atoms with E-state index in [1.165, 1.54) is 0 Å². The second-order valence-corrected chi connectivity index (χ2v) is 7.38. The molecule has 2 amide bonds. The van der Waals surface area contributed by atoms with Crippen LogP contribution in [0.4, 0.5) is 11.4 Å². The molecule has 0 spiro atoms. The molecule has 2 aromatic rings. The summed E-state index contributed by atoms with van der Waals surface area (Å²) in [6.45, 7) is 6.70. The van der Waals surface area contributed by atoms with E-state index in [2.05, 4.69) is 5.32 Å². The van der Waals surface area contributed by atoms with Gasteiger partial charge in [-0.25, -0.2) is 4.79 Å². The van der Waals surface area contributed by atoms with Crippen LogP contribution < -0.4 is 10.2 Å². The number of hydrogen-bond acceptors (Lipinski definition) is 4. The van der Waals surface area contributed by atoms with Gasteiger partial charge in [0.25, 0.3) is 0 Å². The summed E-state index contributed by atoms with van der Waals surface area (Å²) in [5.41, 5.74) is 4.12. The summed E-state index contributed by atoms with van der Waals surface area (Å²) in [4.78, 5) is 38.6. The molecule has 152 valence electrons. The maximum Gasteiger partial charge on any atom is 0.338 e. The monoisotopic (exact) mass is 394 g/mol. The van der Waals surface area contributed by atoms with Crippen molar-refractivity contribution in [2.45, 2.75) is 33.6 Å². The van der Waals surface area contributed by atoms with Gasteiger partial charge in [0.1, 0.15) is 0 Å². The number of nitrogens with zero attached hydrogens (tertiary/aromatic N) is 1. The number of nitrogens with one attached hydrogen (secondary N) is 1. The SMILES string of the molecule is CCCOC(=O)c1ccc(NC(=O)[C@@H]2CC(=O)N(c3ccc(C)c(C)c3)C2)cc1. The largest absolute Gasteiger partial charge is 0.462 e. The molecular weight excluding hydrogens is 368 g/mol. The Bertz CT molecular complexity index is 921. The molecule has 3 rings (SSSR count). The van der Waals surface area contributed by atoms with E-state index in [0.29, 0.717) is 24.4 Å². The minimum atomic E-state index is -0.418. The molecular formula is C23H26N2O4. The van der Waals surface area contributed by atoms with Crippen molar-refractivity contribution in [1.29, 1.82) is 0 Å². The van der Waals surface area contributed by atoms with Crippen LogP contribution in [0.3, 0.4) is 0 Å². The zero-order valence-electron chi connectivity index (χ0n) is 17.0. The van der Waals surface area contributed by atoms with Gasteiger partial charge in [-0.05, 0) is 67.8 Å². The first-order valence-electron chi connectivity index (χ1n) is 9.84. The lowest BCUT2D eigenvalue weighted by molar-refractivity contribution is -0.122. The minimum absolute atomic E-state index is 0.0533. The highest BCUT2D eigenvalue weighted by Gasteiger charge is 2.35. The summed E-state index contributed by atoms with van der Waals surface area (Å²) in [5.74, 6) is -1.05. The standard InChI is InChI=1S/C23H26N2O4/c1-4-11-29-23(28)17-6-8-19(9-7-17)24-22(27)18-13-21(26)25(14-18)20-10-5-15(2)16(3)12-20/h5-10,12,18H,4,11,13-14H2,1-3H3,(H,24,27)/t18-/m1/s1. The van der Waals surface area contributed by atoms with E-state index < -0.39 is 5.92 Å². The second kappa shape index (κ2) is 8.90. The van der Waals surface area contributed by atoms with E-state index >= 15 is 0 Å². The average molecular weight is 394 g/mol. The van der Waals surface area contributed by atoms with E-state index in [-0.39, 0.29) is 24.2 Å². The van der Waals surface area contributed by atoms with Crippen molar-refractivity contribution in [3.63, 3.8) is 0 Å². The first-order valence-corrected chi connectivity index (χ1v) is 9.84. The highest BCUT2D eigenvalue weighted by molar-refractivity contribution is 6.03. The molecule has 1 aliphatic heterocycles. The van der Waals surface area contributed by atoms with Gasteiger partial charge in [-0.15, -0.1) is 0 Å². The Kier molecular flexibility index (Phi) is 6.32. The molecule has 0 aromatic heterocycles. The summed E-state index contributed by atoms with van der Waals surface area (Å²) < 4.78 is 5.09. The summed E-state index contributed by atoms with van der Waals surface area (Å²) >= 11 is 0. The number of rotatable bonds is 6. The van der Waals surface area contributed by atoms with Crippen LogP contribution in [0.5, 0.6) is 0 Å². The molecule has 1 N–H and O–H groups in total. The zero-order chi connectivity index (χ0) is 21.0. The minimum Gasteiger partial charge on any atom is -0.462 e. The number of hydrogen-bond donors (Lipinski definition) is 1. The molecule has 1 saturated heterocycles. The summed E-state index contributed by atoms with van der Waals surface area (Å²) in [7, 11) is 0. The van der Waals surface area contributed by atoms with Crippen molar-refractivity contribution < 1.29 is 19.1 Å². The fraction of sp³-hybridized carbons (Fsp3) is 0.348. The van der Waals surface area contributed by atoms with Crippen molar-refractivity contribution in [2.24, 2.45) is 5.92 Å². The van der Waals surface area contributed by atoms with Gasteiger partial charge in [-0.2, -0.15) is 0 Å². The van der Waals surface area contributed by atoms with Gasteiger partial charge in [0.15, 0.2) is 0 Å². The van der Waals surface area contributed by atoms with Crippen LogP contribution in [0, 0.1) is 19.8 Å². The quantitative estimate of drug-likeness (QED) is 0.755.